The number of thioether (sulfide) groups is 1. The molecule has 0 aromatic rings. The number of hydrogen-bond acceptors (Lipinski definition) is 11. The minimum absolute atomic E-state index is 0.00934. The van der Waals surface area contributed by atoms with Crippen LogP contribution < -0.4 is 27.4 Å². The van der Waals surface area contributed by atoms with Crippen LogP contribution in [0.3, 0.4) is 0 Å². The third-order valence-electron chi connectivity index (χ3n) is 5.06. The lowest BCUT2D eigenvalue weighted by Gasteiger charge is -2.38. The van der Waals surface area contributed by atoms with Crippen molar-refractivity contribution >= 4 is 11.8 Å². The van der Waals surface area contributed by atoms with Gasteiger partial charge in [0.2, 0.25) is 0 Å². The zero-order valence-electron chi connectivity index (χ0n) is 14.1. The second-order valence-corrected chi connectivity index (χ2v) is 7.96. The van der Waals surface area contributed by atoms with E-state index in [0.29, 0.717) is 25.5 Å². The van der Waals surface area contributed by atoms with Gasteiger partial charge >= 0.3 is 0 Å². The van der Waals surface area contributed by atoms with Gasteiger partial charge in [0.25, 0.3) is 0 Å². The monoisotopic (exact) mass is 378 g/mol. The van der Waals surface area contributed by atoms with Crippen LogP contribution in [0.4, 0.5) is 0 Å². The van der Waals surface area contributed by atoms with Gasteiger partial charge in [0.1, 0.15) is 18.4 Å². The lowest BCUT2D eigenvalue weighted by Crippen LogP contribution is -2.68. The average molecular weight is 378 g/mol. The summed E-state index contributed by atoms with van der Waals surface area (Å²) in [5, 5.41) is 39.5. The average Bonchev–Trinajstić information content (AvgIpc) is 3.15. The summed E-state index contributed by atoms with van der Waals surface area (Å²) in [5.74, 6) is 1.34. The Kier molecular flexibility index (Phi) is 6.90. The van der Waals surface area contributed by atoms with E-state index in [1.807, 2.05) is 4.90 Å². The summed E-state index contributed by atoms with van der Waals surface area (Å²) in [6.45, 7) is 1.08. The highest BCUT2D eigenvalue weighted by Gasteiger charge is 2.51. The smallest absolute Gasteiger partial charge is 0.142 e. The Hall–Kier alpha value is -0.0500. The third kappa shape index (κ3) is 4.28. The maximum atomic E-state index is 10.4. The minimum Gasteiger partial charge on any atom is -0.395 e. The normalized spacial score (nSPS) is 43.3. The van der Waals surface area contributed by atoms with Gasteiger partial charge in [0.05, 0.1) is 37.8 Å². The molecule has 146 valence electrons. The Morgan fingerprint density at radius 2 is 2.04 bits per heavy atom. The topological polar surface area (TPSA) is 161 Å². The van der Waals surface area contributed by atoms with Crippen molar-refractivity contribution in [3.05, 3.63) is 0 Å². The Labute approximate surface area is 151 Å². The molecule has 10 nitrogen and oxygen atoms in total. The van der Waals surface area contributed by atoms with Gasteiger partial charge in [-0.1, -0.05) is 0 Å². The molecule has 0 spiro atoms. The minimum atomic E-state index is -0.973. The molecule has 3 heterocycles. The van der Waals surface area contributed by atoms with E-state index in [9.17, 15) is 10.2 Å². The van der Waals surface area contributed by atoms with Crippen molar-refractivity contribution in [2.75, 3.05) is 31.4 Å². The molecule has 8 atom stereocenters. The van der Waals surface area contributed by atoms with E-state index in [1.165, 1.54) is 0 Å². The fourth-order valence-corrected chi connectivity index (χ4v) is 4.66. The Morgan fingerprint density at radius 3 is 2.80 bits per heavy atom. The number of ether oxygens (including phenoxy) is 1. The van der Waals surface area contributed by atoms with Crippen LogP contribution in [0.5, 0.6) is 0 Å². The predicted octanol–water partition coefficient (Wildman–Crippen LogP) is -4.13. The number of aliphatic hydroxyl groups is 3. The summed E-state index contributed by atoms with van der Waals surface area (Å²) in [4.78, 5) is 1.98. The summed E-state index contributed by atoms with van der Waals surface area (Å²) < 4.78 is 5.97. The zero-order chi connectivity index (χ0) is 18.0. The number of nitrogens with two attached hydrogens (primary N) is 2. The SMILES string of the molecule is NC1NCNC2C1NCN2[C@@H]1O[C@H](CSCC[C@@H](N)CO)[C@@H](O)[C@H]1O. The van der Waals surface area contributed by atoms with Crippen LogP contribution in [-0.4, -0.2) is 101 Å². The molecule has 3 unspecified atom stereocenters. The van der Waals surface area contributed by atoms with Crippen molar-refractivity contribution < 1.29 is 20.1 Å². The fraction of sp³-hybridized carbons (Fsp3) is 1.00. The summed E-state index contributed by atoms with van der Waals surface area (Å²) in [6.07, 6.45) is -2.47. The van der Waals surface area contributed by atoms with Crippen LogP contribution in [0.25, 0.3) is 0 Å². The van der Waals surface area contributed by atoms with E-state index in [-0.39, 0.29) is 31.0 Å². The van der Waals surface area contributed by atoms with Crippen LogP contribution in [0.15, 0.2) is 0 Å². The van der Waals surface area contributed by atoms with Crippen molar-refractivity contribution in [1.82, 2.24) is 20.9 Å². The molecule has 10 N–H and O–H groups in total. The van der Waals surface area contributed by atoms with Gasteiger partial charge in [-0.05, 0) is 12.2 Å². The predicted molar refractivity (Wildman–Crippen MR) is 94.2 cm³/mol. The van der Waals surface area contributed by atoms with Gasteiger partial charge in [-0.3, -0.25) is 16.0 Å². The highest BCUT2D eigenvalue weighted by molar-refractivity contribution is 7.99. The fourth-order valence-electron chi connectivity index (χ4n) is 3.52. The van der Waals surface area contributed by atoms with E-state index in [4.69, 9.17) is 21.3 Å². The number of fused-ring (bicyclic) bond motifs is 1. The second-order valence-electron chi connectivity index (χ2n) is 6.81. The molecule has 3 fully saturated rings. The van der Waals surface area contributed by atoms with Crippen molar-refractivity contribution in [2.45, 2.75) is 55.4 Å². The molecule has 3 aliphatic heterocycles. The van der Waals surface area contributed by atoms with E-state index >= 15 is 0 Å². The molecule has 0 aliphatic carbocycles. The number of nitrogens with zero attached hydrogens (tertiary/aromatic N) is 1. The number of nitrogens with one attached hydrogen (secondary N) is 3. The summed E-state index contributed by atoms with van der Waals surface area (Å²) in [6, 6.07) is -0.210. The number of aliphatic hydroxyl groups excluding tert-OH is 3. The Bertz CT molecular complexity index is 438. The molecular formula is C14H30N6O4S. The summed E-state index contributed by atoms with van der Waals surface area (Å²) >= 11 is 1.60. The molecule has 0 radical (unpaired) electrons. The van der Waals surface area contributed by atoms with Gasteiger partial charge in [0, 0.05) is 18.5 Å². The molecule has 0 aromatic heterocycles. The van der Waals surface area contributed by atoms with E-state index in [2.05, 4.69) is 16.0 Å². The first-order valence-corrected chi connectivity index (χ1v) is 9.85. The molecule has 25 heavy (non-hydrogen) atoms. The van der Waals surface area contributed by atoms with Crippen molar-refractivity contribution in [3.8, 4) is 0 Å². The lowest BCUT2D eigenvalue weighted by atomic mass is 10.1. The van der Waals surface area contributed by atoms with Crippen molar-refractivity contribution in [2.24, 2.45) is 11.5 Å². The Balaban J connectivity index is 1.52. The maximum absolute atomic E-state index is 10.4. The van der Waals surface area contributed by atoms with Crippen molar-refractivity contribution in [1.29, 1.82) is 0 Å². The van der Waals surface area contributed by atoms with E-state index in [1.54, 1.807) is 11.8 Å². The van der Waals surface area contributed by atoms with Gasteiger partial charge < -0.3 is 31.5 Å². The van der Waals surface area contributed by atoms with Crippen molar-refractivity contribution in [3.63, 3.8) is 0 Å². The molecule has 11 heteroatoms. The molecule has 3 saturated heterocycles. The number of rotatable bonds is 7. The Morgan fingerprint density at radius 1 is 1.24 bits per heavy atom. The molecule has 3 aliphatic rings. The van der Waals surface area contributed by atoms with Crippen LogP contribution in [0, 0.1) is 0 Å². The van der Waals surface area contributed by atoms with E-state index in [0.717, 1.165) is 5.75 Å². The first-order chi connectivity index (χ1) is 12.0. The molecule has 0 aromatic carbocycles. The van der Waals surface area contributed by atoms with Crippen LogP contribution in [0.2, 0.25) is 0 Å². The lowest BCUT2D eigenvalue weighted by molar-refractivity contribution is -0.0994. The van der Waals surface area contributed by atoms with Gasteiger partial charge in [0.15, 0.2) is 0 Å². The molecular weight excluding hydrogens is 348 g/mol. The largest absolute Gasteiger partial charge is 0.395 e. The van der Waals surface area contributed by atoms with Gasteiger partial charge in [-0.2, -0.15) is 11.8 Å². The highest BCUT2D eigenvalue weighted by atomic mass is 32.2. The van der Waals surface area contributed by atoms with E-state index < -0.39 is 24.5 Å². The second kappa shape index (κ2) is 8.76. The maximum Gasteiger partial charge on any atom is 0.142 e. The molecule has 0 saturated carbocycles. The standard InChI is InChI=1S/C14H30N6O4S/c15-7(3-21)1-2-25-4-8-10(22)11(23)14(24-8)20-6-19-9-12(16)17-5-18-13(9)20/h7-14,17-19,21-23H,1-6,15-16H2/t7-,8-,9?,10-,11-,12?,13?,14-/m1/s1. The first kappa shape index (κ1) is 19.7. The number of hydrogen-bond donors (Lipinski definition) is 8. The molecule has 0 bridgehead atoms. The first-order valence-electron chi connectivity index (χ1n) is 8.70. The highest BCUT2D eigenvalue weighted by Crippen LogP contribution is 2.30. The molecule has 0 amide bonds. The van der Waals surface area contributed by atoms with Crippen LogP contribution in [0.1, 0.15) is 6.42 Å². The summed E-state index contributed by atoms with van der Waals surface area (Å²) in [5.41, 5.74) is 11.7. The van der Waals surface area contributed by atoms with Gasteiger partial charge in [-0.15, -0.1) is 0 Å². The van der Waals surface area contributed by atoms with Gasteiger partial charge in [-0.25, -0.2) is 4.90 Å². The molecule has 3 rings (SSSR count). The summed E-state index contributed by atoms with van der Waals surface area (Å²) in [7, 11) is 0. The quantitative estimate of drug-likeness (QED) is 0.203. The zero-order valence-corrected chi connectivity index (χ0v) is 14.9. The third-order valence-corrected chi connectivity index (χ3v) is 6.15. The van der Waals surface area contributed by atoms with Crippen LogP contribution >= 0.6 is 11.8 Å². The van der Waals surface area contributed by atoms with Crippen LogP contribution in [-0.2, 0) is 4.74 Å².